The lowest BCUT2D eigenvalue weighted by Gasteiger charge is -2.34. The van der Waals surface area contributed by atoms with E-state index in [1.165, 1.54) is 6.26 Å². The molecule has 3 rings (SSSR count). The number of nitrogens with one attached hydrogen (secondary N) is 1. The summed E-state index contributed by atoms with van der Waals surface area (Å²) in [6.07, 6.45) is 4.71. The summed E-state index contributed by atoms with van der Waals surface area (Å²) in [4.78, 5) is 32.5. The van der Waals surface area contributed by atoms with Gasteiger partial charge in [0.2, 0.25) is 0 Å². The quantitative estimate of drug-likeness (QED) is 0.784. The average Bonchev–Trinajstić information content (AvgIpc) is 3.22. The molecule has 2 amide bonds. The maximum absolute atomic E-state index is 12.7. The number of aromatic nitrogens is 1. The number of nitrogens with zero attached hydrogens (tertiary/aromatic N) is 3. The van der Waals surface area contributed by atoms with Gasteiger partial charge in [0.15, 0.2) is 5.76 Å². The van der Waals surface area contributed by atoms with Crippen LogP contribution >= 0.6 is 0 Å². The number of hydrogen-bond donors (Lipinski definition) is 1. The van der Waals surface area contributed by atoms with Crippen LogP contribution in [0.3, 0.4) is 0 Å². The molecule has 0 saturated carbocycles. The molecule has 0 unspecified atom stereocenters. The Kier molecular flexibility index (Phi) is 5.85. The molecule has 0 bridgehead atoms. The molecule has 8 nitrogen and oxygen atoms in total. The molecule has 1 saturated heterocycles. The molecule has 0 aromatic carbocycles. The number of furan rings is 1. The van der Waals surface area contributed by atoms with Crippen molar-refractivity contribution in [2.45, 2.75) is 0 Å². The zero-order chi connectivity index (χ0) is 18.4. The van der Waals surface area contributed by atoms with Gasteiger partial charge in [0, 0.05) is 52.2 Å². The van der Waals surface area contributed by atoms with Gasteiger partial charge in [-0.2, -0.15) is 0 Å². The molecule has 2 aromatic rings. The zero-order valence-corrected chi connectivity index (χ0v) is 14.7. The van der Waals surface area contributed by atoms with Gasteiger partial charge in [0.25, 0.3) is 11.8 Å². The smallest absolute Gasteiger partial charge is 0.289 e. The van der Waals surface area contributed by atoms with Crippen LogP contribution in [0, 0.1) is 0 Å². The molecular weight excluding hydrogens is 336 g/mol. The SMILES string of the molecule is COCCNc1cncc(C(=O)N2CCN(C(=O)c3ccco3)CC2)c1. The molecule has 0 aliphatic carbocycles. The second kappa shape index (κ2) is 8.48. The van der Waals surface area contributed by atoms with Crippen molar-refractivity contribution in [2.75, 3.05) is 51.8 Å². The van der Waals surface area contributed by atoms with E-state index in [2.05, 4.69) is 10.3 Å². The van der Waals surface area contributed by atoms with E-state index in [4.69, 9.17) is 9.15 Å². The summed E-state index contributed by atoms with van der Waals surface area (Å²) < 4.78 is 10.1. The monoisotopic (exact) mass is 358 g/mol. The molecule has 1 aliphatic rings. The second-order valence-electron chi connectivity index (χ2n) is 5.94. The van der Waals surface area contributed by atoms with Gasteiger partial charge in [-0.15, -0.1) is 0 Å². The van der Waals surface area contributed by atoms with Crippen molar-refractivity contribution in [1.29, 1.82) is 0 Å². The van der Waals surface area contributed by atoms with Crippen molar-refractivity contribution in [1.82, 2.24) is 14.8 Å². The molecule has 138 valence electrons. The Morgan fingerprint density at radius 3 is 2.58 bits per heavy atom. The van der Waals surface area contributed by atoms with E-state index in [0.717, 1.165) is 5.69 Å². The summed E-state index contributed by atoms with van der Waals surface area (Å²) in [6.45, 7) is 3.13. The van der Waals surface area contributed by atoms with Gasteiger partial charge in [-0.1, -0.05) is 0 Å². The van der Waals surface area contributed by atoms with Crippen LogP contribution in [-0.2, 0) is 4.74 Å². The van der Waals surface area contributed by atoms with E-state index < -0.39 is 0 Å². The number of rotatable bonds is 6. The van der Waals surface area contributed by atoms with Crippen LogP contribution < -0.4 is 5.32 Å². The first kappa shape index (κ1) is 17.9. The number of piperazine rings is 1. The van der Waals surface area contributed by atoms with E-state index in [9.17, 15) is 9.59 Å². The summed E-state index contributed by atoms with van der Waals surface area (Å²) >= 11 is 0. The molecule has 2 aromatic heterocycles. The molecule has 1 N–H and O–H groups in total. The number of methoxy groups -OCH3 is 1. The van der Waals surface area contributed by atoms with E-state index in [0.29, 0.717) is 50.7 Å². The summed E-state index contributed by atoms with van der Waals surface area (Å²) in [5.41, 5.74) is 1.30. The van der Waals surface area contributed by atoms with E-state index in [-0.39, 0.29) is 11.8 Å². The van der Waals surface area contributed by atoms with Gasteiger partial charge in [0.05, 0.1) is 24.1 Å². The largest absolute Gasteiger partial charge is 0.459 e. The average molecular weight is 358 g/mol. The number of carbonyl (C=O) groups is 2. The highest BCUT2D eigenvalue weighted by molar-refractivity contribution is 5.95. The Bertz CT molecular complexity index is 739. The first-order valence-corrected chi connectivity index (χ1v) is 8.49. The van der Waals surface area contributed by atoms with Crippen LogP contribution in [0.15, 0.2) is 41.3 Å². The molecule has 0 spiro atoms. The lowest BCUT2D eigenvalue weighted by molar-refractivity contribution is 0.0518. The molecule has 26 heavy (non-hydrogen) atoms. The highest BCUT2D eigenvalue weighted by atomic mass is 16.5. The minimum Gasteiger partial charge on any atom is -0.459 e. The van der Waals surface area contributed by atoms with Crippen molar-refractivity contribution in [3.63, 3.8) is 0 Å². The highest BCUT2D eigenvalue weighted by Crippen LogP contribution is 2.14. The molecule has 1 fully saturated rings. The van der Waals surface area contributed by atoms with Crippen molar-refractivity contribution in [2.24, 2.45) is 0 Å². The standard InChI is InChI=1S/C18H22N4O4/c1-25-10-4-20-15-11-14(12-19-13-15)17(23)21-5-7-22(8-6-21)18(24)16-3-2-9-26-16/h2-3,9,11-13,20H,4-8,10H2,1H3. The molecule has 8 heteroatoms. The third-order valence-electron chi connectivity index (χ3n) is 4.21. The van der Waals surface area contributed by atoms with Crippen LogP contribution in [0.25, 0.3) is 0 Å². The van der Waals surface area contributed by atoms with Crippen LogP contribution in [-0.4, -0.2) is 73.0 Å². The van der Waals surface area contributed by atoms with Gasteiger partial charge >= 0.3 is 0 Å². The third kappa shape index (κ3) is 4.20. The first-order chi connectivity index (χ1) is 12.7. The molecule has 3 heterocycles. The number of hydrogen-bond acceptors (Lipinski definition) is 6. The van der Waals surface area contributed by atoms with E-state index in [1.807, 2.05) is 0 Å². The van der Waals surface area contributed by atoms with Gasteiger partial charge in [-0.25, -0.2) is 0 Å². The Morgan fingerprint density at radius 1 is 1.19 bits per heavy atom. The van der Waals surface area contributed by atoms with E-state index in [1.54, 1.807) is 47.5 Å². The Balaban J connectivity index is 1.56. The van der Waals surface area contributed by atoms with Crippen LogP contribution in [0.5, 0.6) is 0 Å². The fourth-order valence-corrected chi connectivity index (χ4v) is 2.80. The van der Waals surface area contributed by atoms with Crippen molar-refractivity contribution < 1.29 is 18.7 Å². The number of anilines is 1. The number of carbonyl (C=O) groups excluding carboxylic acids is 2. The first-order valence-electron chi connectivity index (χ1n) is 8.49. The minimum atomic E-state index is -0.145. The highest BCUT2D eigenvalue weighted by Gasteiger charge is 2.26. The summed E-state index contributed by atoms with van der Waals surface area (Å²) in [6, 6.07) is 5.12. The summed E-state index contributed by atoms with van der Waals surface area (Å²) in [7, 11) is 1.64. The second-order valence-corrected chi connectivity index (χ2v) is 5.94. The maximum Gasteiger partial charge on any atom is 0.289 e. The van der Waals surface area contributed by atoms with Crippen molar-refractivity contribution in [3.8, 4) is 0 Å². The van der Waals surface area contributed by atoms with Crippen LogP contribution in [0.2, 0.25) is 0 Å². The van der Waals surface area contributed by atoms with E-state index >= 15 is 0 Å². The number of pyridine rings is 1. The van der Waals surface area contributed by atoms with Gasteiger partial charge in [-0.05, 0) is 18.2 Å². The van der Waals surface area contributed by atoms with Crippen molar-refractivity contribution >= 4 is 17.5 Å². The third-order valence-corrected chi connectivity index (χ3v) is 4.21. The predicted molar refractivity (Wildman–Crippen MR) is 95.1 cm³/mol. The molecule has 0 atom stereocenters. The van der Waals surface area contributed by atoms with Gasteiger partial charge in [0.1, 0.15) is 0 Å². The van der Waals surface area contributed by atoms with Gasteiger partial charge in [-0.3, -0.25) is 14.6 Å². The lowest BCUT2D eigenvalue weighted by Crippen LogP contribution is -2.50. The maximum atomic E-state index is 12.7. The molecule has 1 aliphatic heterocycles. The summed E-state index contributed by atoms with van der Waals surface area (Å²) in [5.74, 6) is 0.0925. The number of ether oxygens (including phenoxy) is 1. The fraction of sp³-hybridized carbons (Fsp3) is 0.389. The fourth-order valence-electron chi connectivity index (χ4n) is 2.80. The Hall–Kier alpha value is -2.87. The Labute approximate surface area is 151 Å². The molecule has 0 radical (unpaired) electrons. The topological polar surface area (TPSA) is 87.9 Å². The number of amides is 2. The molecular formula is C18H22N4O4. The van der Waals surface area contributed by atoms with Crippen LogP contribution in [0.1, 0.15) is 20.9 Å². The zero-order valence-electron chi connectivity index (χ0n) is 14.7. The normalized spacial score (nSPS) is 14.3. The summed E-state index contributed by atoms with van der Waals surface area (Å²) in [5, 5.41) is 3.16. The van der Waals surface area contributed by atoms with Crippen LogP contribution in [0.4, 0.5) is 5.69 Å². The predicted octanol–water partition coefficient (Wildman–Crippen LogP) is 1.33. The van der Waals surface area contributed by atoms with Gasteiger partial charge < -0.3 is 24.3 Å². The Morgan fingerprint density at radius 2 is 1.92 bits per heavy atom. The van der Waals surface area contributed by atoms with Crippen molar-refractivity contribution in [3.05, 3.63) is 48.2 Å². The lowest BCUT2D eigenvalue weighted by atomic mass is 10.2. The minimum absolute atomic E-state index is 0.0852.